The van der Waals surface area contributed by atoms with Crippen LogP contribution in [-0.4, -0.2) is 58.0 Å². The number of fused-ring (bicyclic) bond motifs is 1. The number of benzene rings is 3. The van der Waals surface area contributed by atoms with Gasteiger partial charge in [0.2, 0.25) is 11.8 Å². The van der Waals surface area contributed by atoms with Crippen LogP contribution in [0.3, 0.4) is 0 Å². The standard InChI is InChI=1S/C35H35N3O8/c1-44-25-10-6-22(7-11-25)15-18-46-29-13-9-24(20-30(29)45-2)26(33-34(42)37-31-5-3-4-17-38(31)35(33)43)21-32(41)36-16-14-23-8-12-27(39)28(40)19-23/h3-13,17,19-20,26,39-40,42H,14-16,18,21H2,1-2H3,(H,36,41). The topological polar surface area (TPSA) is 152 Å². The molecule has 2 aromatic heterocycles. The Morgan fingerprint density at radius 1 is 0.870 bits per heavy atom. The van der Waals surface area contributed by atoms with E-state index in [1.54, 1.807) is 55.8 Å². The first-order valence-corrected chi connectivity index (χ1v) is 14.7. The first kappa shape index (κ1) is 31.7. The number of hydrogen-bond donors (Lipinski definition) is 4. The van der Waals surface area contributed by atoms with Gasteiger partial charge in [-0.05, 0) is 71.6 Å². The molecule has 0 fully saturated rings. The number of aromatic hydroxyl groups is 3. The highest BCUT2D eigenvalue weighted by Gasteiger charge is 2.27. The maximum atomic E-state index is 13.7. The van der Waals surface area contributed by atoms with Crippen LogP contribution in [0.4, 0.5) is 0 Å². The van der Waals surface area contributed by atoms with E-state index in [1.807, 2.05) is 24.3 Å². The van der Waals surface area contributed by atoms with Crippen molar-refractivity contribution in [3.8, 4) is 34.6 Å². The number of ether oxygens (including phenoxy) is 3. The summed E-state index contributed by atoms with van der Waals surface area (Å²) in [5, 5.41) is 33.1. The van der Waals surface area contributed by atoms with Crippen molar-refractivity contribution in [2.24, 2.45) is 0 Å². The Morgan fingerprint density at radius 2 is 1.65 bits per heavy atom. The average molecular weight is 626 g/mol. The molecule has 3 aromatic carbocycles. The summed E-state index contributed by atoms with van der Waals surface area (Å²) in [6.07, 6.45) is 2.42. The third-order valence-corrected chi connectivity index (χ3v) is 7.66. The van der Waals surface area contributed by atoms with Gasteiger partial charge in [0.05, 0.1) is 26.4 Å². The van der Waals surface area contributed by atoms with Crippen molar-refractivity contribution in [3.05, 3.63) is 118 Å². The Bertz CT molecular complexity index is 1890. The second kappa shape index (κ2) is 14.4. The molecule has 5 rings (SSSR count). The number of methoxy groups -OCH3 is 2. The van der Waals surface area contributed by atoms with Gasteiger partial charge < -0.3 is 34.8 Å². The van der Waals surface area contributed by atoms with Crippen LogP contribution in [0.15, 0.2) is 89.9 Å². The smallest absolute Gasteiger partial charge is 0.265 e. The number of rotatable bonds is 13. The predicted octanol–water partition coefficient (Wildman–Crippen LogP) is 4.33. The van der Waals surface area contributed by atoms with Gasteiger partial charge in [0.1, 0.15) is 11.4 Å². The Labute approximate surface area is 265 Å². The molecule has 0 radical (unpaired) electrons. The molecule has 0 saturated heterocycles. The van der Waals surface area contributed by atoms with E-state index in [2.05, 4.69) is 10.3 Å². The minimum atomic E-state index is -0.878. The van der Waals surface area contributed by atoms with Crippen LogP contribution in [0.2, 0.25) is 0 Å². The first-order chi connectivity index (χ1) is 22.3. The van der Waals surface area contributed by atoms with E-state index in [1.165, 1.54) is 23.6 Å². The molecule has 1 amide bonds. The molecule has 1 unspecified atom stereocenters. The maximum Gasteiger partial charge on any atom is 0.265 e. The summed E-state index contributed by atoms with van der Waals surface area (Å²) >= 11 is 0. The summed E-state index contributed by atoms with van der Waals surface area (Å²) in [7, 11) is 3.12. The van der Waals surface area contributed by atoms with Crippen molar-refractivity contribution in [2.45, 2.75) is 25.2 Å². The van der Waals surface area contributed by atoms with E-state index >= 15 is 0 Å². The van der Waals surface area contributed by atoms with Gasteiger partial charge in [0, 0.05) is 31.5 Å². The average Bonchev–Trinajstić information content (AvgIpc) is 3.06. The van der Waals surface area contributed by atoms with Crippen molar-refractivity contribution >= 4 is 11.6 Å². The molecule has 0 aliphatic carbocycles. The van der Waals surface area contributed by atoms with Crippen LogP contribution < -0.4 is 25.1 Å². The fourth-order valence-electron chi connectivity index (χ4n) is 5.20. The van der Waals surface area contributed by atoms with Crippen molar-refractivity contribution in [3.63, 3.8) is 0 Å². The molecule has 11 nitrogen and oxygen atoms in total. The summed E-state index contributed by atoms with van der Waals surface area (Å²) < 4.78 is 18.2. The Kier molecular flexibility index (Phi) is 9.91. The fraction of sp³-hybridized carbons (Fsp3) is 0.229. The van der Waals surface area contributed by atoms with Gasteiger partial charge in [-0.25, -0.2) is 0 Å². The van der Waals surface area contributed by atoms with Crippen LogP contribution in [0.5, 0.6) is 34.6 Å². The molecule has 0 bridgehead atoms. The lowest BCUT2D eigenvalue weighted by Crippen LogP contribution is -2.30. The van der Waals surface area contributed by atoms with Crippen molar-refractivity contribution < 1.29 is 34.3 Å². The van der Waals surface area contributed by atoms with Gasteiger partial charge in [-0.2, -0.15) is 4.98 Å². The lowest BCUT2D eigenvalue weighted by Gasteiger charge is -2.20. The van der Waals surface area contributed by atoms with Gasteiger partial charge in [-0.3, -0.25) is 14.0 Å². The number of carbonyl (C=O) groups is 1. The molecule has 0 aliphatic rings. The summed E-state index contributed by atoms with van der Waals surface area (Å²) in [6, 6.07) is 22.3. The first-order valence-electron chi connectivity index (χ1n) is 14.7. The number of phenols is 2. The molecule has 1 atom stereocenters. The zero-order valence-corrected chi connectivity index (χ0v) is 25.5. The van der Waals surface area contributed by atoms with Crippen LogP contribution >= 0.6 is 0 Å². The van der Waals surface area contributed by atoms with E-state index in [9.17, 15) is 24.9 Å². The van der Waals surface area contributed by atoms with Gasteiger partial charge in [0.15, 0.2) is 23.0 Å². The van der Waals surface area contributed by atoms with Gasteiger partial charge in [-0.1, -0.05) is 30.3 Å². The predicted molar refractivity (Wildman–Crippen MR) is 171 cm³/mol. The highest BCUT2D eigenvalue weighted by atomic mass is 16.5. The minimum absolute atomic E-state index is 0.0301. The second-order valence-electron chi connectivity index (χ2n) is 10.6. The molecular weight excluding hydrogens is 590 g/mol. The summed E-state index contributed by atoms with van der Waals surface area (Å²) in [5.74, 6) is -0.528. The second-order valence-corrected chi connectivity index (χ2v) is 10.6. The maximum absolute atomic E-state index is 13.7. The van der Waals surface area contributed by atoms with E-state index in [0.717, 1.165) is 11.3 Å². The Hall–Kier alpha value is -5.71. The third-order valence-electron chi connectivity index (χ3n) is 7.66. The van der Waals surface area contributed by atoms with Gasteiger partial charge in [-0.15, -0.1) is 0 Å². The van der Waals surface area contributed by atoms with Crippen LogP contribution in [0.25, 0.3) is 5.65 Å². The molecule has 0 spiro atoms. The normalized spacial score (nSPS) is 11.6. The summed E-state index contributed by atoms with van der Waals surface area (Å²) in [6.45, 7) is 0.615. The number of pyridine rings is 1. The van der Waals surface area contributed by atoms with Crippen LogP contribution in [0.1, 0.15) is 34.6 Å². The van der Waals surface area contributed by atoms with Gasteiger partial charge in [0.25, 0.3) is 5.56 Å². The largest absolute Gasteiger partial charge is 0.504 e. The molecule has 5 aromatic rings. The lowest BCUT2D eigenvalue weighted by atomic mass is 9.88. The molecule has 238 valence electrons. The zero-order chi connectivity index (χ0) is 32.6. The van der Waals surface area contributed by atoms with Crippen molar-refractivity contribution in [1.29, 1.82) is 0 Å². The number of aromatic nitrogens is 2. The third kappa shape index (κ3) is 7.32. The number of amides is 1. The molecule has 4 N–H and O–H groups in total. The molecular formula is C35H35N3O8. The SMILES string of the molecule is COc1ccc(CCOc2ccc(C(CC(=O)NCCc3ccc(O)c(O)c3)c3c(O)nc4ccccn4c3=O)cc2OC)cc1. The number of phenolic OH excluding ortho intramolecular Hbond substituents is 2. The van der Waals surface area contributed by atoms with E-state index in [-0.39, 0.29) is 41.6 Å². The Morgan fingerprint density at radius 3 is 2.39 bits per heavy atom. The molecule has 11 heteroatoms. The Balaban J connectivity index is 1.39. The van der Waals surface area contributed by atoms with Crippen molar-refractivity contribution in [1.82, 2.24) is 14.7 Å². The minimum Gasteiger partial charge on any atom is -0.504 e. The van der Waals surface area contributed by atoms with Gasteiger partial charge >= 0.3 is 0 Å². The van der Waals surface area contributed by atoms with Crippen molar-refractivity contribution in [2.75, 3.05) is 27.4 Å². The lowest BCUT2D eigenvalue weighted by molar-refractivity contribution is -0.121. The number of nitrogens with zero attached hydrogens (tertiary/aromatic N) is 2. The van der Waals surface area contributed by atoms with E-state index in [0.29, 0.717) is 42.1 Å². The zero-order valence-electron chi connectivity index (χ0n) is 25.5. The number of nitrogens with one attached hydrogen (secondary N) is 1. The molecule has 2 heterocycles. The quantitative estimate of drug-likeness (QED) is 0.140. The highest BCUT2D eigenvalue weighted by molar-refractivity contribution is 5.78. The highest BCUT2D eigenvalue weighted by Crippen LogP contribution is 2.36. The van der Waals surface area contributed by atoms with E-state index in [4.69, 9.17) is 14.2 Å². The summed E-state index contributed by atoms with van der Waals surface area (Å²) in [4.78, 5) is 31.2. The molecule has 46 heavy (non-hydrogen) atoms. The number of carbonyl (C=O) groups excluding carboxylic acids is 1. The molecule has 0 saturated carbocycles. The summed E-state index contributed by atoms with van der Waals surface area (Å²) in [5.41, 5.74) is 2.07. The van der Waals surface area contributed by atoms with E-state index < -0.39 is 17.4 Å². The monoisotopic (exact) mass is 625 g/mol. The number of hydrogen-bond acceptors (Lipinski definition) is 9. The fourth-order valence-corrected chi connectivity index (χ4v) is 5.20. The molecule has 0 aliphatic heterocycles. The van der Waals surface area contributed by atoms with Crippen LogP contribution in [0, 0.1) is 0 Å². The van der Waals surface area contributed by atoms with Crippen LogP contribution in [-0.2, 0) is 17.6 Å².